The van der Waals surface area contributed by atoms with Crippen molar-refractivity contribution in [3.05, 3.63) is 50.4 Å². The summed E-state index contributed by atoms with van der Waals surface area (Å²) in [5.74, 6) is -0.653. The molecule has 2 N–H and O–H groups in total. The number of nitrogens with zero attached hydrogens (tertiary/aromatic N) is 1. The summed E-state index contributed by atoms with van der Waals surface area (Å²) >= 11 is 7.03. The van der Waals surface area contributed by atoms with Crippen molar-refractivity contribution in [2.75, 3.05) is 7.05 Å². The van der Waals surface area contributed by atoms with E-state index < -0.39 is 23.9 Å². The summed E-state index contributed by atoms with van der Waals surface area (Å²) in [6.45, 7) is 10.2. The molecule has 0 aliphatic rings. The molecule has 0 bridgehead atoms. The summed E-state index contributed by atoms with van der Waals surface area (Å²) in [7, 11) is 1.36. The van der Waals surface area contributed by atoms with E-state index in [0.717, 1.165) is 16.2 Å². The summed E-state index contributed by atoms with van der Waals surface area (Å²) in [5, 5.41) is 18.3. The maximum absolute atomic E-state index is 12.8. The lowest BCUT2D eigenvalue weighted by molar-refractivity contribution is -0.150. The first-order valence-electron chi connectivity index (χ1n) is 11.8. The lowest BCUT2D eigenvalue weighted by Gasteiger charge is -2.25. The molecule has 1 atom stereocenters. The Balaban J connectivity index is 2.23. The number of hydrogen-bond acceptors (Lipinski definition) is 5. The van der Waals surface area contributed by atoms with Gasteiger partial charge in [-0.1, -0.05) is 13.8 Å². The second-order valence-corrected chi connectivity index (χ2v) is 11.7. The Bertz CT molecular complexity index is 1130. The van der Waals surface area contributed by atoms with Crippen LogP contribution in [0.4, 0.5) is 0 Å². The van der Waals surface area contributed by atoms with Gasteiger partial charge in [-0.2, -0.15) is 0 Å². The van der Waals surface area contributed by atoms with Crippen molar-refractivity contribution >= 4 is 49.7 Å². The van der Waals surface area contributed by atoms with E-state index in [1.54, 1.807) is 12.1 Å². The fourth-order valence-corrected chi connectivity index (χ4v) is 5.05. The maximum Gasteiger partial charge on any atom is 0.326 e. The molecule has 1 amide bonds. The van der Waals surface area contributed by atoms with E-state index in [2.05, 4.69) is 45.7 Å². The monoisotopic (exact) mass is 641 g/mol. The van der Waals surface area contributed by atoms with Gasteiger partial charge in [-0.25, -0.2) is 4.79 Å². The maximum atomic E-state index is 12.8. The van der Waals surface area contributed by atoms with E-state index in [0.29, 0.717) is 26.0 Å². The van der Waals surface area contributed by atoms with Crippen LogP contribution < -0.4 is 9.47 Å². The molecule has 0 aliphatic carbocycles. The molecule has 2 aromatic carbocycles. The third-order valence-corrected chi connectivity index (χ3v) is 6.61. The van der Waals surface area contributed by atoms with Crippen LogP contribution in [0.2, 0.25) is 0 Å². The summed E-state index contributed by atoms with van der Waals surface area (Å²) in [5.41, 5.74) is 1.31. The van der Waals surface area contributed by atoms with Crippen molar-refractivity contribution in [3.63, 3.8) is 0 Å². The molecule has 8 nitrogen and oxygen atoms in total. The van der Waals surface area contributed by atoms with Crippen LogP contribution in [0.1, 0.15) is 64.5 Å². The van der Waals surface area contributed by atoms with Crippen molar-refractivity contribution < 1.29 is 34.1 Å². The molecule has 2 aromatic rings. The number of benzene rings is 2. The number of carboxylic acid groups (broad SMARTS) is 2. The molecule has 202 valence electrons. The van der Waals surface area contributed by atoms with Gasteiger partial charge in [-0.15, -0.1) is 0 Å². The highest BCUT2D eigenvalue weighted by Crippen LogP contribution is 2.40. The number of carbonyl (C=O) groups is 3. The van der Waals surface area contributed by atoms with Crippen LogP contribution in [0.15, 0.2) is 39.3 Å². The standard InChI is InChI=1S/C27H33Br2NO7/c1-15(2)18-14-17(7-9-22(18)37-27(3,4)5)36-25-19(28)11-16(12-20(25)29)13-23(31)30(6)21(26(34)35)8-10-24(32)33/h7,9,11-12,14-15,21H,8,10,13H2,1-6H3,(H,32,33)(H,34,35)/t21-/m0/s1. The molecule has 37 heavy (non-hydrogen) atoms. The smallest absolute Gasteiger partial charge is 0.326 e. The first kappa shape index (κ1) is 30.6. The number of likely N-dealkylation sites (N-methyl/N-ethyl adjacent to an activating group) is 1. The largest absolute Gasteiger partial charge is 0.488 e. The van der Waals surface area contributed by atoms with E-state index in [9.17, 15) is 19.5 Å². The lowest BCUT2D eigenvalue weighted by atomic mass is 10.0. The molecule has 10 heteroatoms. The molecule has 0 aromatic heterocycles. The number of ether oxygens (including phenoxy) is 2. The molecular formula is C27H33Br2NO7. The predicted molar refractivity (Wildman–Crippen MR) is 148 cm³/mol. The Morgan fingerprint density at radius 1 is 1.03 bits per heavy atom. The summed E-state index contributed by atoms with van der Waals surface area (Å²) < 4.78 is 13.5. The van der Waals surface area contributed by atoms with E-state index in [-0.39, 0.29) is 30.8 Å². The molecule has 0 unspecified atom stereocenters. The fraction of sp³-hybridized carbons (Fsp3) is 0.444. The van der Waals surface area contributed by atoms with Crippen LogP contribution in [0.5, 0.6) is 17.2 Å². The minimum absolute atomic E-state index is 0.0683. The average Bonchev–Trinajstić information content (AvgIpc) is 2.75. The van der Waals surface area contributed by atoms with Crippen molar-refractivity contribution in [2.45, 2.75) is 71.4 Å². The van der Waals surface area contributed by atoms with Crippen molar-refractivity contribution in [1.29, 1.82) is 0 Å². The molecule has 2 rings (SSSR count). The first-order chi connectivity index (χ1) is 17.1. The van der Waals surface area contributed by atoms with E-state index >= 15 is 0 Å². The highest BCUT2D eigenvalue weighted by molar-refractivity contribution is 9.11. The van der Waals surface area contributed by atoms with Crippen LogP contribution in [-0.2, 0) is 20.8 Å². The molecule has 0 fully saturated rings. The molecule has 0 saturated carbocycles. The Kier molecular flexibility index (Phi) is 10.6. The zero-order chi connectivity index (χ0) is 28.1. The molecule has 0 spiro atoms. The second kappa shape index (κ2) is 12.8. The summed E-state index contributed by atoms with van der Waals surface area (Å²) in [4.78, 5) is 36.3. The van der Waals surface area contributed by atoms with Gasteiger partial charge in [0.2, 0.25) is 5.91 Å². The first-order valence-corrected chi connectivity index (χ1v) is 13.4. The minimum atomic E-state index is -1.25. The normalized spacial score (nSPS) is 12.2. The Labute approximate surface area is 234 Å². The van der Waals surface area contributed by atoms with Gasteiger partial charge in [-0.3, -0.25) is 9.59 Å². The Morgan fingerprint density at radius 3 is 2.11 bits per heavy atom. The topological polar surface area (TPSA) is 113 Å². The number of aliphatic carboxylic acids is 2. The fourth-order valence-electron chi connectivity index (χ4n) is 3.61. The van der Waals surface area contributed by atoms with Gasteiger partial charge >= 0.3 is 11.9 Å². The van der Waals surface area contributed by atoms with Crippen LogP contribution in [0.25, 0.3) is 0 Å². The highest BCUT2D eigenvalue weighted by Gasteiger charge is 2.27. The Morgan fingerprint density at radius 2 is 1.62 bits per heavy atom. The molecule has 0 saturated heterocycles. The summed E-state index contributed by atoms with van der Waals surface area (Å²) in [6, 6.07) is 7.92. The zero-order valence-corrected chi connectivity index (χ0v) is 25.0. The number of amides is 1. The van der Waals surface area contributed by atoms with Gasteiger partial charge in [0.05, 0.1) is 15.4 Å². The number of carboxylic acids is 2. The van der Waals surface area contributed by atoms with Gasteiger partial charge in [-0.05, 0) is 101 Å². The zero-order valence-electron chi connectivity index (χ0n) is 21.8. The lowest BCUT2D eigenvalue weighted by Crippen LogP contribution is -2.43. The van der Waals surface area contributed by atoms with E-state index in [1.807, 2.05) is 39.0 Å². The number of rotatable bonds is 11. The second-order valence-electron chi connectivity index (χ2n) is 10.0. The predicted octanol–water partition coefficient (Wildman–Crippen LogP) is 6.62. The average molecular weight is 643 g/mol. The van der Waals surface area contributed by atoms with Crippen molar-refractivity contribution in [2.24, 2.45) is 0 Å². The van der Waals surface area contributed by atoms with Crippen LogP contribution in [0.3, 0.4) is 0 Å². The molecule has 0 heterocycles. The number of halogens is 2. The highest BCUT2D eigenvalue weighted by atomic mass is 79.9. The summed E-state index contributed by atoms with van der Waals surface area (Å²) in [6.07, 6.45) is -0.592. The van der Waals surface area contributed by atoms with Gasteiger partial charge in [0.1, 0.15) is 23.1 Å². The quantitative estimate of drug-likeness (QED) is 0.283. The van der Waals surface area contributed by atoms with E-state index in [1.165, 1.54) is 7.05 Å². The molecular weight excluding hydrogens is 610 g/mol. The minimum Gasteiger partial charge on any atom is -0.488 e. The SMILES string of the molecule is CC(C)c1cc(Oc2c(Br)cc(CC(=O)N(C)[C@@H](CCC(=O)O)C(=O)O)cc2Br)ccc1OC(C)(C)C. The van der Waals surface area contributed by atoms with Gasteiger partial charge in [0.15, 0.2) is 5.75 Å². The Hall–Kier alpha value is -2.59. The van der Waals surface area contributed by atoms with Crippen molar-refractivity contribution in [1.82, 2.24) is 4.90 Å². The van der Waals surface area contributed by atoms with E-state index in [4.69, 9.17) is 14.6 Å². The van der Waals surface area contributed by atoms with Crippen LogP contribution in [0, 0.1) is 0 Å². The number of carbonyl (C=O) groups excluding carboxylic acids is 1. The molecule has 0 aliphatic heterocycles. The molecule has 0 radical (unpaired) electrons. The van der Waals surface area contributed by atoms with Gasteiger partial charge in [0, 0.05) is 19.0 Å². The third kappa shape index (κ3) is 9.03. The van der Waals surface area contributed by atoms with Gasteiger partial charge < -0.3 is 24.6 Å². The number of hydrogen-bond donors (Lipinski definition) is 2. The van der Waals surface area contributed by atoms with Crippen LogP contribution in [-0.4, -0.2) is 51.6 Å². The van der Waals surface area contributed by atoms with Crippen LogP contribution >= 0.6 is 31.9 Å². The van der Waals surface area contributed by atoms with Gasteiger partial charge in [0.25, 0.3) is 0 Å². The third-order valence-electron chi connectivity index (χ3n) is 5.43. The van der Waals surface area contributed by atoms with Crippen molar-refractivity contribution in [3.8, 4) is 17.2 Å².